The van der Waals surface area contributed by atoms with Crippen LogP contribution in [0.1, 0.15) is 19.3 Å². The summed E-state index contributed by atoms with van der Waals surface area (Å²) < 4.78 is 5.80. The van der Waals surface area contributed by atoms with E-state index in [0.717, 1.165) is 47.3 Å². The summed E-state index contributed by atoms with van der Waals surface area (Å²) in [7, 11) is 1.83. The van der Waals surface area contributed by atoms with Crippen LogP contribution in [-0.4, -0.2) is 13.2 Å². The van der Waals surface area contributed by atoms with E-state index in [0.29, 0.717) is 11.8 Å². The molecule has 0 aromatic carbocycles. The molecule has 0 aromatic heterocycles. The molecule has 12 unspecified atom stereocenters. The molecule has 0 N–H and O–H groups in total. The molecule has 0 spiro atoms. The maximum absolute atomic E-state index is 9.63. The summed E-state index contributed by atoms with van der Waals surface area (Å²) in [5.74, 6) is 9.06. The van der Waals surface area contributed by atoms with Crippen molar-refractivity contribution in [3.63, 3.8) is 0 Å². The first-order valence-electron chi connectivity index (χ1n) is 8.94. The fourth-order valence-corrected chi connectivity index (χ4v) is 8.71. The average molecular weight is 281 g/mol. The van der Waals surface area contributed by atoms with Gasteiger partial charge in [0.15, 0.2) is 0 Å². The van der Waals surface area contributed by atoms with Crippen molar-refractivity contribution >= 4 is 0 Å². The minimum absolute atomic E-state index is 0.188. The molecule has 6 aliphatic carbocycles. The van der Waals surface area contributed by atoms with Crippen molar-refractivity contribution in [1.82, 2.24) is 0 Å². The maximum Gasteiger partial charge on any atom is 0.0763 e. The first-order valence-corrected chi connectivity index (χ1v) is 8.94. The van der Waals surface area contributed by atoms with Crippen LogP contribution in [0.15, 0.2) is 12.2 Å². The lowest BCUT2D eigenvalue weighted by atomic mass is 9.59. The van der Waals surface area contributed by atoms with Crippen LogP contribution in [0.4, 0.5) is 0 Å². The summed E-state index contributed by atoms with van der Waals surface area (Å²) in [6, 6.07) is 2.62. The van der Waals surface area contributed by atoms with Crippen molar-refractivity contribution < 1.29 is 4.74 Å². The highest BCUT2D eigenvalue weighted by atomic mass is 16.5. The van der Waals surface area contributed by atoms with Gasteiger partial charge in [-0.1, -0.05) is 12.2 Å². The molecular formula is C19H23NO. The number of methoxy groups -OCH3 is 1. The number of hydrogen-bond acceptors (Lipinski definition) is 2. The second-order valence-electron chi connectivity index (χ2n) is 8.74. The normalized spacial score (nSPS) is 67.6. The van der Waals surface area contributed by atoms with Gasteiger partial charge < -0.3 is 4.74 Å². The van der Waals surface area contributed by atoms with Gasteiger partial charge in [0, 0.05) is 7.11 Å². The average Bonchev–Trinajstić information content (AvgIpc) is 3.30. The second-order valence-corrected chi connectivity index (χ2v) is 8.74. The number of nitrogens with zero attached hydrogens (tertiary/aromatic N) is 1. The minimum Gasteiger partial charge on any atom is -0.380 e. The van der Waals surface area contributed by atoms with Crippen LogP contribution < -0.4 is 0 Å². The van der Waals surface area contributed by atoms with E-state index >= 15 is 0 Å². The molecule has 5 saturated carbocycles. The fourth-order valence-electron chi connectivity index (χ4n) is 8.71. The molecule has 0 radical (unpaired) electrons. The van der Waals surface area contributed by atoms with Crippen LogP contribution in [0.5, 0.6) is 0 Å². The van der Waals surface area contributed by atoms with Crippen LogP contribution in [0.2, 0.25) is 0 Å². The van der Waals surface area contributed by atoms with E-state index in [-0.39, 0.29) is 12.0 Å². The largest absolute Gasteiger partial charge is 0.380 e. The number of fused-ring (bicyclic) bond motifs is 16. The van der Waals surface area contributed by atoms with Crippen molar-refractivity contribution in [1.29, 1.82) is 5.26 Å². The van der Waals surface area contributed by atoms with E-state index in [4.69, 9.17) is 4.74 Å². The smallest absolute Gasteiger partial charge is 0.0763 e. The molecular weight excluding hydrogens is 258 g/mol. The predicted molar refractivity (Wildman–Crippen MR) is 77.8 cm³/mol. The van der Waals surface area contributed by atoms with Crippen molar-refractivity contribution in [3.05, 3.63) is 12.2 Å². The molecule has 0 saturated heterocycles. The summed E-state index contributed by atoms with van der Waals surface area (Å²) in [5, 5.41) is 9.63. The summed E-state index contributed by atoms with van der Waals surface area (Å²) in [6.45, 7) is 0. The number of ether oxygens (including phenoxy) is 1. The zero-order chi connectivity index (χ0) is 13.9. The Morgan fingerprint density at radius 3 is 2.10 bits per heavy atom. The minimum atomic E-state index is 0.188. The van der Waals surface area contributed by atoms with Gasteiger partial charge in [-0.25, -0.2) is 0 Å². The molecule has 0 amide bonds. The molecule has 2 nitrogen and oxygen atoms in total. The maximum atomic E-state index is 9.63. The molecule has 2 heteroatoms. The first-order chi connectivity index (χ1) is 10.3. The standard InChI is InChI=1S/C19H23NO/c1-21-19-13-5-10(14(19)7-20)17-11-6-12(18(13)17)16-9-3-2-8(4-9)15(11)16/h2-3,8-19H,4-6H2,1H3. The van der Waals surface area contributed by atoms with E-state index in [1.807, 2.05) is 7.11 Å². The lowest BCUT2D eigenvalue weighted by molar-refractivity contribution is -0.0491. The van der Waals surface area contributed by atoms with E-state index < -0.39 is 0 Å². The Balaban J connectivity index is 1.42. The lowest BCUT2D eigenvalue weighted by Gasteiger charge is -2.46. The molecule has 110 valence electrons. The van der Waals surface area contributed by atoms with E-state index in [2.05, 4.69) is 18.2 Å². The Kier molecular flexibility index (Phi) is 1.99. The number of rotatable bonds is 1. The van der Waals surface area contributed by atoms with Crippen molar-refractivity contribution in [2.75, 3.05) is 7.11 Å². The summed E-state index contributed by atoms with van der Waals surface area (Å²) >= 11 is 0. The van der Waals surface area contributed by atoms with Gasteiger partial charge in [-0.05, 0) is 78.4 Å². The van der Waals surface area contributed by atoms with Gasteiger partial charge in [-0.2, -0.15) is 5.26 Å². The summed E-state index contributed by atoms with van der Waals surface area (Å²) in [6.07, 6.45) is 9.55. The Morgan fingerprint density at radius 1 is 0.857 bits per heavy atom. The van der Waals surface area contributed by atoms with Crippen molar-refractivity contribution in [2.24, 2.45) is 65.1 Å². The SMILES string of the molecule is COC1C(C#N)C2CC1C1C3CC(C4C5C=CC(C5)C34)C21. The molecule has 21 heavy (non-hydrogen) atoms. The van der Waals surface area contributed by atoms with E-state index in [9.17, 15) is 5.26 Å². The third-order valence-corrected chi connectivity index (χ3v) is 8.74. The zero-order valence-electron chi connectivity index (χ0n) is 12.6. The van der Waals surface area contributed by atoms with Crippen LogP contribution in [0.25, 0.3) is 0 Å². The number of nitriles is 1. The van der Waals surface area contributed by atoms with Crippen molar-refractivity contribution in [3.8, 4) is 6.07 Å². The Hall–Kier alpha value is -0.810. The quantitative estimate of drug-likeness (QED) is 0.546. The lowest BCUT2D eigenvalue weighted by Crippen LogP contribution is -2.46. The van der Waals surface area contributed by atoms with Crippen LogP contribution in [0, 0.1) is 76.4 Å². The molecule has 12 atom stereocenters. The van der Waals surface area contributed by atoms with Gasteiger partial charge in [0.25, 0.3) is 0 Å². The predicted octanol–water partition coefficient (Wildman–Crippen LogP) is 3.11. The van der Waals surface area contributed by atoms with Crippen LogP contribution in [0.3, 0.4) is 0 Å². The van der Waals surface area contributed by atoms with E-state index in [1.165, 1.54) is 19.3 Å². The molecule has 0 heterocycles. The third kappa shape index (κ3) is 1.09. The monoisotopic (exact) mass is 281 g/mol. The highest BCUT2D eigenvalue weighted by Crippen LogP contribution is 2.76. The summed E-state index contributed by atoms with van der Waals surface area (Å²) in [4.78, 5) is 0. The topological polar surface area (TPSA) is 33.0 Å². The highest BCUT2D eigenvalue weighted by molar-refractivity contribution is 5.27. The Bertz CT molecular complexity index is 577. The Morgan fingerprint density at radius 2 is 1.48 bits per heavy atom. The Labute approximate surface area is 126 Å². The first kappa shape index (κ1) is 11.7. The number of allylic oxidation sites excluding steroid dienone is 2. The fraction of sp³-hybridized carbons (Fsp3) is 0.842. The zero-order valence-corrected chi connectivity index (χ0v) is 12.6. The molecule has 6 bridgehead atoms. The molecule has 5 fully saturated rings. The molecule has 6 rings (SSSR count). The highest BCUT2D eigenvalue weighted by Gasteiger charge is 2.72. The molecule has 0 aliphatic heterocycles. The van der Waals surface area contributed by atoms with Gasteiger partial charge in [-0.3, -0.25) is 0 Å². The number of hydrogen-bond donors (Lipinski definition) is 0. The summed E-state index contributed by atoms with van der Waals surface area (Å²) in [5.41, 5.74) is 0. The van der Waals surface area contributed by atoms with Gasteiger partial charge in [-0.15, -0.1) is 0 Å². The van der Waals surface area contributed by atoms with Crippen LogP contribution >= 0.6 is 0 Å². The third-order valence-electron chi connectivity index (χ3n) is 8.74. The van der Waals surface area contributed by atoms with Gasteiger partial charge in [0.2, 0.25) is 0 Å². The molecule has 6 aliphatic rings. The van der Waals surface area contributed by atoms with Crippen molar-refractivity contribution in [2.45, 2.75) is 25.4 Å². The van der Waals surface area contributed by atoms with Gasteiger partial charge in [0.05, 0.1) is 18.1 Å². The van der Waals surface area contributed by atoms with E-state index in [1.54, 1.807) is 0 Å². The molecule has 0 aromatic rings. The second kappa shape index (κ2) is 3.57. The van der Waals surface area contributed by atoms with Crippen LogP contribution in [-0.2, 0) is 4.74 Å². The van der Waals surface area contributed by atoms with Gasteiger partial charge >= 0.3 is 0 Å². The van der Waals surface area contributed by atoms with Gasteiger partial charge in [0.1, 0.15) is 0 Å².